The van der Waals surface area contributed by atoms with Crippen LogP contribution < -0.4 is 5.32 Å². The fraction of sp³-hybridized carbons (Fsp3) is 0.300. The van der Waals surface area contributed by atoms with E-state index in [0.29, 0.717) is 0 Å². The lowest BCUT2D eigenvalue weighted by Crippen LogP contribution is -1.89. The third-order valence-electron chi connectivity index (χ3n) is 0.787. The van der Waals surface area contributed by atoms with Gasteiger partial charge in [0.05, 0.1) is 6.42 Å². The summed E-state index contributed by atoms with van der Waals surface area (Å²) in [6.07, 6.45) is 8.42. The molecule has 0 aliphatic rings. The molecule has 0 aromatic rings. The van der Waals surface area contributed by atoms with Crippen LogP contribution in [0.25, 0.3) is 0 Å². The van der Waals surface area contributed by atoms with E-state index in [-0.39, 0.29) is 6.42 Å². The summed E-state index contributed by atoms with van der Waals surface area (Å²) >= 11 is 0. The van der Waals surface area contributed by atoms with Crippen LogP contribution in [0.4, 0.5) is 0 Å². The first-order valence-corrected chi connectivity index (χ1v) is 3.93. The summed E-state index contributed by atoms with van der Waals surface area (Å²) in [5.41, 5.74) is 0. The fourth-order valence-corrected chi connectivity index (χ4v) is 0.390. The van der Waals surface area contributed by atoms with Crippen molar-refractivity contribution < 1.29 is 9.90 Å². The third kappa shape index (κ3) is 25.0. The average molecular weight is 183 g/mol. The Labute approximate surface area is 79.5 Å². The highest BCUT2D eigenvalue weighted by atomic mass is 16.4. The Bertz CT molecular complexity index is 183. The van der Waals surface area contributed by atoms with Crippen LogP contribution in [0.5, 0.6) is 0 Å². The number of hydrogen-bond donors (Lipinski definition) is 2. The molecular formula is C10H17NO2. The predicted octanol–water partition coefficient (Wildman–Crippen LogP) is 1.60. The van der Waals surface area contributed by atoms with Gasteiger partial charge in [0.1, 0.15) is 0 Å². The molecule has 2 N–H and O–H groups in total. The van der Waals surface area contributed by atoms with Crippen LogP contribution in [-0.2, 0) is 4.79 Å². The van der Waals surface area contributed by atoms with Crippen LogP contribution in [0.2, 0.25) is 0 Å². The maximum absolute atomic E-state index is 9.94. The number of carboxylic acids is 1. The second-order valence-electron chi connectivity index (χ2n) is 2.15. The summed E-state index contributed by atoms with van der Waals surface area (Å²) in [6, 6.07) is 0. The van der Waals surface area contributed by atoms with Crippen molar-refractivity contribution in [3.8, 4) is 0 Å². The Balaban J connectivity index is 0. The summed E-state index contributed by atoms with van der Waals surface area (Å²) in [5, 5.41) is 10.9. The molecule has 0 saturated heterocycles. The molecule has 74 valence electrons. The quantitative estimate of drug-likeness (QED) is 0.651. The van der Waals surface area contributed by atoms with Crippen molar-refractivity contribution in [3.63, 3.8) is 0 Å². The van der Waals surface area contributed by atoms with E-state index in [1.165, 1.54) is 0 Å². The molecule has 0 bridgehead atoms. The van der Waals surface area contributed by atoms with Gasteiger partial charge >= 0.3 is 5.97 Å². The van der Waals surface area contributed by atoms with E-state index < -0.39 is 5.97 Å². The second kappa shape index (κ2) is 13.3. The van der Waals surface area contributed by atoms with E-state index in [9.17, 15) is 4.79 Å². The topological polar surface area (TPSA) is 49.3 Å². The minimum atomic E-state index is -0.816. The van der Waals surface area contributed by atoms with Gasteiger partial charge in [0.15, 0.2) is 0 Å². The average Bonchev–Trinajstić information content (AvgIpc) is 2.05. The summed E-state index contributed by atoms with van der Waals surface area (Å²) in [4.78, 5) is 9.94. The SMILES string of the molecule is C=C/C=C\C=C\CC(=O)O.CNC. The molecule has 0 rings (SSSR count). The lowest BCUT2D eigenvalue weighted by Gasteiger charge is -1.79. The van der Waals surface area contributed by atoms with Gasteiger partial charge in [-0.15, -0.1) is 0 Å². The minimum absolute atomic E-state index is 0.0709. The monoisotopic (exact) mass is 183 g/mol. The number of aliphatic carboxylic acids is 1. The summed E-state index contributed by atoms with van der Waals surface area (Å²) in [5.74, 6) is -0.816. The standard InChI is InChI=1S/C8H10O2.C2H7N/c1-2-3-4-5-6-7-8(9)10;1-3-2/h2-6H,1,7H2,(H,9,10);3H,1-2H3/b4-3-,6-5+;. The van der Waals surface area contributed by atoms with E-state index in [0.717, 1.165) is 0 Å². The number of carboxylic acid groups (broad SMARTS) is 1. The predicted molar refractivity (Wildman–Crippen MR) is 55.7 cm³/mol. The van der Waals surface area contributed by atoms with Crippen LogP contribution in [0.15, 0.2) is 37.0 Å². The Kier molecular flexibility index (Phi) is 14.5. The van der Waals surface area contributed by atoms with Gasteiger partial charge in [0.2, 0.25) is 0 Å². The molecule has 3 nitrogen and oxygen atoms in total. The van der Waals surface area contributed by atoms with Crippen LogP contribution in [0.3, 0.4) is 0 Å². The van der Waals surface area contributed by atoms with E-state index >= 15 is 0 Å². The highest BCUT2D eigenvalue weighted by Crippen LogP contribution is 1.83. The highest BCUT2D eigenvalue weighted by molar-refractivity contribution is 5.68. The van der Waals surface area contributed by atoms with Gasteiger partial charge < -0.3 is 10.4 Å². The number of rotatable bonds is 4. The second-order valence-corrected chi connectivity index (χ2v) is 2.15. The van der Waals surface area contributed by atoms with Crippen LogP contribution >= 0.6 is 0 Å². The maximum atomic E-state index is 9.94. The van der Waals surface area contributed by atoms with Gasteiger partial charge in [-0.1, -0.05) is 37.0 Å². The molecule has 0 fully saturated rings. The van der Waals surface area contributed by atoms with Crippen LogP contribution in [0, 0.1) is 0 Å². The molecule has 0 heterocycles. The van der Waals surface area contributed by atoms with Gasteiger partial charge in [-0.25, -0.2) is 0 Å². The summed E-state index contributed by atoms with van der Waals surface area (Å²) in [7, 11) is 3.75. The first-order valence-electron chi connectivity index (χ1n) is 3.93. The Morgan fingerprint density at radius 3 is 2.31 bits per heavy atom. The normalized spacial score (nSPS) is 9.69. The molecule has 0 amide bonds. The van der Waals surface area contributed by atoms with Crippen molar-refractivity contribution in [2.24, 2.45) is 0 Å². The molecule has 0 aromatic carbocycles. The van der Waals surface area contributed by atoms with Crippen molar-refractivity contribution in [1.29, 1.82) is 0 Å². The van der Waals surface area contributed by atoms with E-state index in [1.807, 2.05) is 14.1 Å². The Morgan fingerprint density at radius 2 is 1.92 bits per heavy atom. The molecule has 0 aliphatic heterocycles. The molecule has 0 radical (unpaired) electrons. The van der Waals surface area contributed by atoms with Crippen molar-refractivity contribution in [2.45, 2.75) is 6.42 Å². The summed E-state index contributed by atoms with van der Waals surface area (Å²) in [6.45, 7) is 3.46. The summed E-state index contributed by atoms with van der Waals surface area (Å²) < 4.78 is 0. The molecule has 0 spiro atoms. The molecule has 0 atom stereocenters. The first kappa shape index (κ1) is 14.2. The lowest BCUT2D eigenvalue weighted by atomic mass is 10.3. The molecule has 0 saturated carbocycles. The van der Waals surface area contributed by atoms with E-state index in [1.54, 1.807) is 30.4 Å². The lowest BCUT2D eigenvalue weighted by molar-refractivity contribution is -0.135. The van der Waals surface area contributed by atoms with E-state index in [4.69, 9.17) is 5.11 Å². The Hall–Kier alpha value is -1.35. The minimum Gasteiger partial charge on any atom is -0.481 e. The number of allylic oxidation sites excluding steroid dienone is 4. The highest BCUT2D eigenvalue weighted by Gasteiger charge is 1.86. The zero-order valence-corrected chi connectivity index (χ0v) is 8.16. The van der Waals surface area contributed by atoms with Crippen molar-refractivity contribution >= 4 is 5.97 Å². The molecule has 0 unspecified atom stereocenters. The van der Waals surface area contributed by atoms with E-state index in [2.05, 4.69) is 11.9 Å². The van der Waals surface area contributed by atoms with Crippen molar-refractivity contribution in [1.82, 2.24) is 5.32 Å². The maximum Gasteiger partial charge on any atom is 0.307 e. The molecule has 13 heavy (non-hydrogen) atoms. The van der Waals surface area contributed by atoms with Crippen molar-refractivity contribution in [3.05, 3.63) is 37.0 Å². The number of nitrogens with one attached hydrogen (secondary N) is 1. The van der Waals surface area contributed by atoms with Gasteiger partial charge in [0.25, 0.3) is 0 Å². The zero-order valence-electron chi connectivity index (χ0n) is 8.16. The number of carbonyl (C=O) groups is 1. The molecule has 0 aromatic heterocycles. The largest absolute Gasteiger partial charge is 0.481 e. The van der Waals surface area contributed by atoms with Gasteiger partial charge in [-0.3, -0.25) is 4.79 Å². The first-order chi connectivity index (χ1) is 6.18. The molecule has 3 heteroatoms. The third-order valence-corrected chi connectivity index (χ3v) is 0.787. The van der Waals surface area contributed by atoms with Gasteiger partial charge in [0, 0.05) is 0 Å². The fourth-order valence-electron chi connectivity index (χ4n) is 0.390. The Morgan fingerprint density at radius 1 is 1.38 bits per heavy atom. The van der Waals surface area contributed by atoms with Crippen molar-refractivity contribution in [2.75, 3.05) is 14.1 Å². The van der Waals surface area contributed by atoms with Crippen LogP contribution in [-0.4, -0.2) is 25.2 Å². The van der Waals surface area contributed by atoms with Gasteiger partial charge in [-0.05, 0) is 14.1 Å². The zero-order chi connectivity index (χ0) is 10.5. The molecular weight excluding hydrogens is 166 g/mol. The smallest absolute Gasteiger partial charge is 0.307 e. The van der Waals surface area contributed by atoms with Gasteiger partial charge in [-0.2, -0.15) is 0 Å². The molecule has 0 aliphatic carbocycles. The van der Waals surface area contributed by atoms with Crippen LogP contribution in [0.1, 0.15) is 6.42 Å². The number of hydrogen-bond acceptors (Lipinski definition) is 2.